The fraction of sp³-hybridized carbons (Fsp3) is 0.238. The number of hydrogen-bond acceptors (Lipinski definition) is 4. The summed E-state index contributed by atoms with van der Waals surface area (Å²) in [5.41, 5.74) is 3.88. The first-order valence-electron chi connectivity index (χ1n) is 8.73. The summed E-state index contributed by atoms with van der Waals surface area (Å²) in [5.74, 6) is 0.721. The second kappa shape index (κ2) is 9.02. The van der Waals surface area contributed by atoms with Crippen molar-refractivity contribution in [1.82, 2.24) is 4.98 Å². The highest BCUT2D eigenvalue weighted by Gasteiger charge is 2.08. The van der Waals surface area contributed by atoms with E-state index in [-0.39, 0.29) is 5.91 Å². The maximum absolute atomic E-state index is 12.1. The normalized spacial score (nSPS) is 10.6. The molecule has 0 aliphatic rings. The molecule has 1 aromatic heterocycles. The van der Waals surface area contributed by atoms with Gasteiger partial charge in [0, 0.05) is 22.4 Å². The second-order valence-electron chi connectivity index (χ2n) is 6.28. The van der Waals surface area contributed by atoms with E-state index in [4.69, 9.17) is 16.3 Å². The monoisotopic (exact) mass is 400 g/mol. The lowest BCUT2D eigenvalue weighted by molar-refractivity contribution is -0.116. The lowest BCUT2D eigenvalue weighted by atomic mass is 10.1. The van der Waals surface area contributed by atoms with Crippen LogP contribution in [0.4, 0.5) is 5.13 Å². The van der Waals surface area contributed by atoms with E-state index in [1.165, 1.54) is 11.3 Å². The van der Waals surface area contributed by atoms with Crippen molar-refractivity contribution in [3.05, 3.63) is 64.0 Å². The largest absolute Gasteiger partial charge is 0.494 e. The third-order valence-electron chi connectivity index (χ3n) is 4.05. The van der Waals surface area contributed by atoms with Crippen molar-refractivity contribution in [2.24, 2.45) is 0 Å². The molecular formula is C21H21ClN2O2S. The number of nitrogens with zero attached hydrogens (tertiary/aromatic N) is 1. The summed E-state index contributed by atoms with van der Waals surface area (Å²) < 4.78 is 5.73. The topological polar surface area (TPSA) is 51.2 Å². The molecule has 0 fully saturated rings. The van der Waals surface area contributed by atoms with Crippen LogP contribution >= 0.6 is 22.9 Å². The van der Waals surface area contributed by atoms with E-state index in [1.54, 1.807) is 0 Å². The molecule has 2 aromatic carbocycles. The number of carbonyl (C=O) groups is 1. The zero-order valence-electron chi connectivity index (χ0n) is 15.3. The number of halogens is 1. The SMILES string of the molecule is Cc1cc(OCCCC(=O)Nc2nc(-c3ccccc3)cs2)cc(C)c1Cl. The van der Waals surface area contributed by atoms with Gasteiger partial charge in [0.15, 0.2) is 5.13 Å². The van der Waals surface area contributed by atoms with Crippen molar-refractivity contribution < 1.29 is 9.53 Å². The van der Waals surface area contributed by atoms with Crippen molar-refractivity contribution in [1.29, 1.82) is 0 Å². The van der Waals surface area contributed by atoms with Crippen molar-refractivity contribution in [3.63, 3.8) is 0 Å². The molecule has 3 aromatic rings. The number of amides is 1. The van der Waals surface area contributed by atoms with Gasteiger partial charge in [0.2, 0.25) is 5.91 Å². The number of aromatic nitrogens is 1. The second-order valence-corrected chi connectivity index (χ2v) is 7.51. The van der Waals surface area contributed by atoms with Gasteiger partial charge in [-0.1, -0.05) is 41.9 Å². The Balaban J connectivity index is 1.45. The van der Waals surface area contributed by atoms with Crippen LogP contribution < -0.4 is 10.1 Å². The van der Waals surface area contributed by atoms with Crippen LogP contribution in [-0.4, -0.2) is 17.5 Å². The smallest absolute Gasteiger partial charge is 0.226 e. The van der Waals surface area contributed by atoms with Crippen molar-refractivity contribution >= 4 is 34.0 Å². The van der Waals surface area contributed by atoms with Crippen LogP contribution in [0.15, 0.2) is 47.8 Å². The van der Waals surface area contributed by atoms with E-state index in [1.807, 2.05) is 61.7 Å². The quantitative estimate of drug-likeness (QED) is 0.504. The number of thiazole rings is 1. The van der Waals surface area contributed by atoms with Crippen LogP contribution in [0, 0.1) is 13.8 Å². The number of hydrogen-bond donors (Lipinski definition) is 1. The predicted octanol–water partition coefficient (Wildman–Crippen LogP) is 5.88. The zero-order valence-corrected chi connectivity index (χ0v) is 16.9. The molecule has 0 spiro atoms. The lowest BCUT2D eigenvalue weighted by Gasteiger charge is -2.09. The Kier molecular flexibility index (Phi) is 6.48. The molecule has 0 saturated carbocycles. The number of ether oxygens (including phenoxy) is 1. The van der Waals surface area contributed by atoms with E-state index in [0.29, 0.717) is 24.6 Å². The van der Waals surface area contributed by atoms with Crippen molar-refractivity contribution in [2.75, 3.05) is 11.9 Å². The Labute approximate surface area is 168 Å². The van der Waals surface area contributed by atoms with Crippen LogP contribution in [0.25, 0.3) is 11.3 Å². The maximum Gasteiger partial charge on any atom is 0.226 e. The minimum atomic E-state index is -0.0592. The molecule has 0 atom stereocenters. The third kappa shape index (κ3) is 5.31. The fourth-order valence-electron chi connectivity index (χ4n) is 2.67. The average Bonchev–Trinajstić information content (AvgIpc) is 3.12. The Hall–Kier alpha value is -2.37. The molecule has 0 aliphatic heterocycles. The first-order chi connectivity index (χ1) is 13.0. The zero-order chi connectivity index (χ0) is 19.2. The Morgan fingerprint density at radius 3 is 2.59 bits per heavy atom. The van der Waals surface area contributed by atoms with Gasteiger partial charge in [-0.3, -0.25) is 4.79 Å². The number of anilines is 1. The molecule has 1 heterocycles. The highest BCUT2D eigenvalue weighted by Crippen LogP contribution is 2.26. The van der Waals surface area contributed by atoms with E-state index in [0.717, 1.165) is 33.2 Å². The fourth-order valence-corrected chi connectivity index (χ4v) is 3.51. The summed E-state index contributed by atoms with van der Waals surface area (Å²) in [6.07, 6.45) is 1.01. The molecule has 0 radical (unpaired) electrons. The standard InChI is InChI=1S/C21H21ClN2O2S/c1-14-11-17(12-15(2)20(14)22)26-10-6-9-19(25)24-21-23-18(13-27-21)16-7-4-3-5-8-16/h3-5,7-8,11-13H,6,9-10H2,1-2H3,(H,23,24,25). The lowest BCUT2D eigenvalue weighted by Crippen LogP contribution is -2.12. The first-order valence-corrected chi connectivity index (χ1v) is 9.99. The van der Waals surface area contributed by atoms with Crippen molar-refractivity contribution in [3.8, 4) is 17.0 Å². The van der Waals surface area contributed by atoms with Gasteiger partial charge in [0.05, 0.1) is 12.3 Å². The van der Waals surface area contributed by atoms with Crippen LogP contribution in [-0.2, 0) is 4.79 Å². The molecule has 0 unspecified atom stereocenters. The van der Waals surface area contributed by atoms with Gasteiger partial charge in [-0.25, -0.2) is 4.98 Å². The highest BCUT2D eigenvalue weighted by atomic mass is 35.5. The number of nitrogens with one attached hydrogen (secondary N) is 1. The number of benzene rings is 2. The number of rotatable bonds is 7. The Morgan fingerprint density at radius 1 is 1.19 bits per heavy atom. The summed E-state index contributed by atoms with van der Waals surface area (Å²) in [6, 6.07) is 13.7. The summed E-state index contributed by atoms with van der Waals surface area (Å²) in [6.45, 7) is 4.38. The Bertz CT molecular complexity index is 902. The first kappa shape index (κ1) is 19.4. The number of carbonyl (C=O) groups excluding carboxylic acids is 1. The molecule has 3 rings (SSSR count). The van der Waals surface area contributed by atoms with E-state index >= 15 is 0 Å². The van der Waals surface area contributed by atoms with E-state index in [9.17, 15) is 4.79 Å². The van der Waals surface area contributed by atoms with Crippen LogP contribution in [0.2, 0.25) is 5.02 Å². The summed E-state index contributed by atoms with van der Waals surface area (Å²) >= 11 is 7.58. The molecule has 4 nitrogen and oxygen atoms in total. The molecule has 6 heteroatoms. The summed E-state index contributed by atoms with van der Waals surface area (Å²) in [4.78, 5) is 16.6. The molecule has 0 saturated heterocycles. The molecule has 0 bridgehead atoms. The molecular weight excluding hydrogens is 380 g/mol. The highest BCUT2D eigenvalue weighted by molar-refractivity contribution is 7.14. The molecule has 1 N–H and O–H groups in total. The van der Waals surface area contributed by atoms with Gasteiger partial charge >= 0.3 is 0 Å². The summed E-state index contributed by atoms with van der Waals surface area (Å²) in [5, 5.41) is 6.17. The van der Waals surface area contributed by atoms with Gasteiger partial charge in [-0.05, 0) is 43.5 Å². The van der Waals surface area contributed by atoms with Gasteiger partial charge in [-0.15, -0.1) is 11.3 Å². The molecule has 140 valence electrons. The molecule has 27 heavy (non-hydrogen) atoms. The van der Waals surface area contributed by atoms with Gasteiger partial charge in [0.25, 0.3) is 0 Å². The van der Waals surface area contributed by atoms with Gasteiger partial charge in [0.1, 0.15) is 5.75 Å². The third-order valence-corrected chi connectivity index (χ3v) is 5.40. The minimum Gasteiger partial charge on any atom is -0.494 e. The van der Waals surface area contributed by atoms with Crippen LogP contribution in [0.5, 0.6) is 5.75 Å². The van der Waals surface area contributed by atoms with E-state index in [2.05, 4.69) is 10.3 Å². The van der Waals surface area contributed by atoms with E-state index < -0.39 is 0 Å². The van der Waals surface area contributed by atoms with Crippen molar-refractivity contribution in [2.45, 2.75) is 26.7 Å². The average molecular weight is 401 g/mol. The summed E-state index contributed by atoms with van der Waals surface area (Å²) in [7, 11) is 0. The number of aryl methyl sites for hydroxylation is 2. The molecule has 1 amide bonds. The minimum absolute atomic E-state index is 0.0592. The molecule has 0 aliphatic carbocycles. The van der Waals surface area contributed by atoms with Gasteiger partial charge in [-0.2, -0.15) is 0 Å². The predicted molar refractivity (Wildman–Crippen MR) is 112 cm³/mol. The maximum atomic E-state index is 12.1. The van der Waals surface area contributed by atoms with Crippen LogP contribution in [0.3, 0.4) is 0 Å². The van der Waals surface area contributed by atoms with Crippen LogP contribution in [0.1, 0.15) is 24.0 Å². The van der Waals surface area contributed by atoms with Gasteiger partial charge < -0.3 is 10.1 Å². The Morgan fingerprint density at radius 2 is 1.89 bits per heavy atom.